The Bertz CT molecular complexity index is 746. The Morgan fingerprint density at radius 3 is 2.32 bits per heavy atom. The van der Waals surface area contributed by atoms with Crippen LogP contribution in [0.25, 0.3) is 10.8 Å². The molecule has 0 aliphatic carbocycles. The van der Waals surface area contributed by atoms with Crippen LogP contribution < -0.4 is 0 Å². The molecule has 0 aliphatic rings. The molecule has 0 radical (unpaired) electrons. The number of rotatable bonds is 6. The predicted octanol–water partition coefficient (Wildman–Crippen LogP) is 4.59. The van der Waals surface area contributed by atoms with Gasteiger partial charge in [-0.2, -0.15) is 22.0 Å². The summed E-state index contributed by atoms with van der Waals surface area (Å²) in [6.07, 6.45) is -9.43. The Balaban J connectivity index is 2.33. The van der Waals surface area contributed by atoms with E-state index < -0.39 is 35.5 Å². The third-order valence-electron chi connectivity index (χ3n) is 3.01. The van der Waals surface area contributed by atoms with Crippen molar-refractivity contribution >= 4 is 28.8 Å². The van der Waals surface area contributed by atoms with Gasteiger partial charge in [0.25, 0.3) is 6.10 Å². The number of ether oxygens (including phenoxy) is 1. The molecule has 11 heteroatoms. The first-order valence-electron chi connectivity index (χ1n) is 6.46. The molecule has 25 heavy (non-hydrogen) atoms. The molecule has 1 unspecified atom stereocenters. The third kappa shape index (κ3) is 4.57. The Hall–Kier alpha value is -1.95. The molecule has 0 fully saturated rings. The second-order valence-electron chi connectivity index (χ2n) is 4.64. The largest absolute Gasteiger partial charge is 0.441 e. The summed E-state index contributed by atoms with van der Waals surface area (Å²) in [5.41, 5.74) is -0.313. The van der Waals surface area contributed by atoms with Gasteiger partial charge in [-0.1, -0.05) is 41.4 Å². The van der Waals surface area contributed by atoms with Gasteiger partial charge < -0.3 is 4.74 Å². The van der Waals surface area contributed by atoms with E-state index in [1.807, 2.05) is 0 Å². The van der Waals surface area contributed by atoms with Gasteiger partial charge in [0.2, 0.25) is 0 Å². The monoisotopic (exact) mass is 384 g/mol. The molecule has 0 bridgehead atoms. The van der Waals surface area contributed by atoms with Crippen molar-refractivity contribution < 1.29 is 46.1 Å². The molecule has 2 rings (SSSR count). The highest BCUT2D eigenvalue weighted by Gasteiger charge is 2.60. The van der Waals surface area contributed by atoms with Crippen molar-refractivity contribution in [2.45, 2.75) is 17.5 Å². The molecule has 2 aromatic rings. The van der Waals surface area contributed by atoms with Gasteiger partial charge in [0.1, 0.15) is 12.0 Å². The fraction of sp³-hybridized carbons (Fsp3) is 0.214. The zero-order valence-corrected chi connectivity index (χ0v) is 12.8. The lowest BCUT2D eigenvalue weighted by Crippen LogP contribution is -2.46. The Morgan fingerprint density at radius 1 is 1.04 bits per heavy atom. The van der Waals surface area contributed by atoms with E-state index in [-0.39, 0.29) is 10.9 Å². The SMILES string of the molecule is O=C(OC(C(F)(F)F)C(F)(F)SOOO)c1cccc2ccccc12. The standard InChI is InChI=1S/C14H9F5O5S/c15-13(16,17)12(14(18,19)25-24-23-21)22-11(20)10-7-3-5-8-4-1-2-6-9(8)10/h1-7,12,21H. The number of halogens is 5. The van der Waals surface area contributed by atoms with Gasteiger partial charge in [0.05, 0.1) is 5.56 Å². The molecule has 0 heterocycles. The molecule has 0 spiro atoms. The van der Waals surface area contributed by atoms with Crippen molar-refractivity contribution in [2.24, 2.45) is 0 Å². The zero-order chi connectivity index (χ0) is 18.7. The summed E-state index contributed by atoms with van der Waals surface area (Å²) >= 11 is -1.15. The van der Waals surface area contributed by atoms with Crippen LogP contribution in [0.4, 0.5) is 22.0 Å². The maximum Gasteiger partial charge on any atom is 0.432 e. The van der Waals surface area contributed by atoms with Gasteiger partial charge in [-0.3, -0.25) is 0 Å². The summed E-state index contributed by atoms with van der Waals surface area (Å²) in [5.74, 6) is -1.59. The highest BCUT2D eigenvalue weighted by molar-refractivity contribution is 7.95. The Kier molecular flexibility index (Phi) is 5.83. The molecular weight excluding hydrogens is 375 g/mol. The summed E-state index contributed by atoms with van der Waals surface area (Å²) in [5, 5.41) is 6.66. The number of carbonyl (C=O) groups excluding carboxylic acids is 1. The van der Waals surface area contributed by atoms with E-state index >= 15 is 0 Å². The fourth-order valence-electron chi connectivity index (χ4n) is 2.00. The first-order valence-corrected chi connectivity index (χ1v) is 7.20. The van der Waals surface area contributed by atoms with Crippen LogP contribution in [-0.2, 0) is 14.1 Å². The van der Waals surface area contributed by atoms with E-state index in [9.17, 15) is 26.7 Å². The Labute approximate surface area is 141 Å². The lowest BCUT2D eigenvalue weighted by molar-refractivity contribution is -0.434. The smallest absolute Gasteiger partial charge is 0.432 e. The van der Waals surface area contributed by atoms with Gasteiger partial charge in [-0.25, -0.2) is 10.1 Å². The molecule has 1 N–H and O–H groups in total. The number of hydrogen-bond donors (Lipinski definition) is 1. The summed E-state index contributed by atoms with van der Waals surface area (Å²) < 4.78 is 73.3. The summed E-state index contributed by atoms with van der Waals surface area (Å²) in [4.78, 5) is 12.0. The van der Waals surface area contributed by atoms with Crippen molar-refractivity contribution in [1.29, 1.82) is 0 Å². The molecule has 0 aromatic heterocycles. The highest BCUT2D eigenvalue weighted by atomic mass is 32.2. The number of esters is 1. The molecule has 0 saturated heterocycles. The van der Waals surface area contributed by atoms with Crippen LogP contribution in [0.3, 0.4) is 0 Å². The number of fused-ring (bicyclic) bond motifs is 1. The summed E-state index contributed by atoms with van der Waals surface area (Å²) in [6, 6.07) is 10.3. The summed E-state index contributed by atoms with van der Waals surface area (Å²) in [6.45, 7) is 0. The van der Waals surface area contributed by atoms with E-state index in [0.717, 1.165) is 6.07 Å². The quantitative estimate of drug-likeness (QED) is 0.258. The third-order valence-corrected chi connectivity index (χ3v) is 3.58. The van der Waals surface area contributed by atoms with E-state index in [1.54, 1.807) is 18.2 Å². The van der Waals surface area contributed by atoms with Crippen molar-refractivity contribution in [1.82, 2.24) is 0 Å². The van der Waals surface area contributed by atoms with Crippen molar-refractivity contribution in [3.63, 3.8) is 0 Å². The minimum Gasteiger partial charge on any atom is -0.441 e. The van der Waals surface area contributed by atoms with Crippen LogP contribution in [0.1, 0.15) is 10.4 Å². The molecule has 0 amide bonds. The second-order valence-corrected chi connectivity index (χ2v) is 5.49. The average molecular weight is 384 g/mol. The Morgan fingerprint density at radius 2 is 1.68 bits per heavy atom. The minimum atomic E-state index is -5.60. The van der Waals surface area contributed by atoms with Crippen molar-refractivity contribution in [3.05, 3.63) is 48.0 Å². The van der Waals surface area contributed by atoms with Crippen LogP contribution in [-0.4, -0.2) is 28.8 Å². The maximum absolute atomic E-state index is 13.6. The molecular formula is C14H9F5O5S. The van der Waals surface area contributed by atoms with Crippen molar-refractivity contribution in [3.8, 4) is 0 Å². The van der Waals surface area contributed by atoms with Crippen LogP contribution in [0, 0.1) is 0 Å². The zero-order valence-electron chi connectivity index (χ0n) is 12.0. The molecule has 1 atom stereocenters. The molecule has 5 nitrogen and oxygen atoms in total. The van der Waals surface area contributed by atoms with Crippen LogP contribution in [0.5, 0.6) is 0 Å². The molecule has 0 saturated carbocycles. The molecule has 136 valence electrons. The van der Waals surface area contributed by atoms with Crippen LogP contribution >= 0.6 is 12.0 Å². The normalized spacial score (nSPS) is 13.7. The average Bonchev–Trinajstić information content (AvgIpc) is 2.56. The number of hydrogen-bond acceptors (Lipinski definition) is 6. The van der Waals surface area contributed by atoms with Crippen LogP contribution in [0.2, 0.25) is 0 Å². The van der Waals surface area contributed by atoms with Gasteiger partial charge in [-0.15, -0.1) is 4.33 Å². The van der Waals surface area contributed by atoms with Gasteiger partial charge in [0.15, 0.2) is 0 Å². The lowest BCUT2D eigenvalue weighted by Gasteiger charge is -2.26. The fourth-order valence-corrected chi connectivity index (χ4v) is 2.39. The first kappa shape index (κ1) is 19.4. The van der Waals surface area contributed by atoms with E-state index in [1.165, 1.54) is 18.2 Å². The van der Waals surface area contributed by atoms with Gasteiger partial charge in [-0.05, 0) is 16.8 Å². The van der Waals surface area contributed by atoms with Gasteiger partial charge >= 0.3 is 17.4 Å². The molecule has 0 aliphatic heterocycles. The minimum absolute atomic E-state index is 0.238. The number of alkyl halides is 5. The van der Waals surface area contributed by atoms with E-state index in [0.29, 0.717) is 5.39 Å². The number of carbonyl (C=O) groups is 1. The van der Waals surface area contributed by atoms with Crippen molar-refractivity contribution in [2.75, 3.05) is 0 Å². The maximum atomic E-state index is 13.6. The highest BCUT2D eigenvalue weighted by Crippen LogP contribution is 2.43. The first-order chi connectivity index (χ1) is 11.7. The second kappa shape index (κ2) is 7.52. The topological polar surface area (TPSA) is 65.0 Å². The summed E-state index contributed by atoms with van der Waals surface area (Å²) in [7, 11) is 0. The lowest BCUT2D eigenvalue weighted by atomic mass is 10.0. The molecule has 2 aromatic carbocycles. The van der Waals surface area contributed by atoms with Gasteiger partial charge in [0, 0.05) is 0 Å². The van der Waals surface area contributed by atoms with E-state index in [2.05, 4.69) is 14.1 Å². The number of benzene rings is 2. The van der Waals surface area contributed by atoms with E-state index in [4.69, 9.17) is 5.26 Å². The predicted molar refractivity (Wildman–Crippen MR) is 76.5 cm³/mol. The van der Waals surface area contributed by atoms with Crippen LogP contribution in [0.15, 0.2) is 42.5 Å².